The van der Waals surface area contributed by atoms with E-state index in [2.05, 4.69) is 26.1 Å². The van der Waals surface area contributed by atoms with Gasteiger partial charge in [-0.2, -0.15) is 0 Å². The molecule has 1 rings (SSSR count). The number of piperidine rings is 1. The summed E-state index contributed by atoms with van der Waals surface area (Å²) in [5.41, 5.74) is 0.319. The molecule has 14 heavy (non-hydrogen) atoms. The van der Waals surface area contributed by atoms with Gasteiger partial charge in [-0.25, -0.2) is 0 Å². The zero-order valence-corrected chi connectivity index (χ0v) is 9.76. The largest absolute Gasteiger partial charge is 0.344 e. The van der Waals surface area contributed by atoms with E-state index >= 15 is 0 Å². The molecule has 0 radical (unpaired) electrons. The highest BCUT2D eigenvalue weighted by Gasteiger charge is 2.23. The fraction of sp³-hybridized carbons (Fsp3) is 0.909. The van der Waals surface area contributed by atoms with Crippen molar-refractivity contribution < 1.29 is 4.79 Å². The zero-order valence-electron chi connectivity index (χ0n) is 9.76. The van der Waals surface area contributed by atoms with E-state index in [0.29, 0.717) is 17.9 Å². The minimum Gasteiger partial charge on any atom is -0.344 e. The number of carbonyl (C=O) groups excluding carboxylic acids is 1. The maximum Gasteiger partial charge on any atom is 0.222 e. The molecule has 0 aromatic heterocycles. The number of nitrogens with zero attached hydrogens (tertiary/aromatic N) is 1. The molecule has 3 heteroatoms. The van der Waals surface area contributed by atoms with E-state index in [4.69, 9.17) is 0 Å². The Hall–Kier alpha value is -0.570. The van der Waals surface area contributed by atoms with Crippen LogP contribution in [0.5, 0.6) is 0 Å². The SMILES string of the molecule is CN1CC(NCC(C)(C)C)CCC1=O. The van der Waals surface area contributed by atoms with Crippen molar-refractivity contribution in [2.24, 2.45) is 5.41 Å². The second-order valence-corrected chi connectivity index (χ2v) is 5.45. The number of hydrogen-bond donors (Lipinski definition) is 1. The fourth-order valence-corrected chi connectivity index (χ4v) is 1.63. The molecule has 1 fully saturated rings. The van der Waals surface area contributed by atoms with Crippen LogP contribution in [0.3, 0.4) is 0 Å². The Kier molecular flexibility index (Phi) is 3.53. The Morgan fingerprint density at radius 1 is 1.50 bits per heavy atom. The predicted molar refractivity (Wildman–Crippen MR) is 58.1 cm³/mol. The third kappa shape index (κ3) is 3.66. The Balaban J connectivity index is 2.30. The molecule has 1 N–H and O–H groups in total. The Bertz CT molecular complexity index is 208. The lowest BCUT2D eigenvalue weighted by molar-refractivity contribution is -0.132. The summed E-state index contributed by atoms with van der Waals surface area (Å²) in [5, 5.41) is 3.52. The second kappa shape index (κ2) is 4.30. The van der Waals surface area contributed by atoms with Crippen molar-refractivity contribution in [2.45, 2.75) is 39.7 Å². The van der Waals surface area contributed by atoms with Crippen molar-refractivity contribution >= 4 is 5.91 Å². The summed E-state index contributed by atoms with van der Waals surface area (Å²) in [7, 11) is 1.88. The van der Waals surface area contributed by atoms with Gasteiger partial charge >= 0.3 is 0 Å². The zero-order chi connectivity index (χ0) is 10.8. The van der Waals surface area contributed by atoms with Gasteiger partial charge in [0.25, 0.3) is 0 Å². The van der Waals surface area contributed by atoms with Gasteiger partial charge in [-0.05, 0) is 11.8 Å². The molecule has 1 unspecified atom stereocenters. The number of nitrogens with one attached hydrogen (secondary N) is 1. The average Bonchev–Trinajstić information content (AvgIpc) is 2.06. The van der Waals surface area contributed by atoms with Crippen LogP contribution in [0.4, 0.5) is 0 Å². The van der Waals surface area contributed by atoms with Crippen molar-refractivity contribution in [2.75, 3.05) is 20.1 Å². The molecule has 0 aromatic rings. The summed E-state index contributed by atoms with van der Waals surface area (Å²) in [6.45, 7) is 8.53. The van der Waals surface area contributed by atoms with Crippen LogP contribution in [0.25, 0.3) is 0 Å². The lowest BCUT2D eigenvalue weighted by Gasteiger charge is -2.32. The molecule has 0 saturated carbocycles. The van der Waals surface area contributed by atoms with Crippen molar-refractivity contribution in [3.63, 3.8) is 0 Å². The van der Waals surface area contributed by atoms with E-state index in [9.17, 15) is 4.79 Å². The summed E-state index contributed by atoms with van der Waals surface area (Å²) >= 11 is 0. The molecule has 1 amide bonds. The van der Waals surface area contributed by atoms with Crippen LogP contribution in [0.1, 0.15) is 33.6 Å². The number of likely N-dealkylation sites (N-methyl/N-ethyl adjacent to an activating group) is 1. The van der Waals surface area contributed by atoms with Crippen LogP contribution >= 0.6 is 0 Å². The fourth-order valence-electron chi connectivity index (χ4n) is 1.63. The van der Waals surface area contributed by atoms with Crippen LogP contribution in [-0.2, 0) is 4.79 Å². The minimum atomic E-state index is 0.277. The maximum atomic E-state index is 11.2. The van der Waals surface area contributed by atoms with Crippen LogP contribution in [0.2, 0.25) is 0 Å². The normalized spacial score (nSPS) is 24.1. The molecule has 1 aliphatic rings. The Labute approximate surface area is 86.9 Å². The predicted octanol–water partition coefficient (Wildman–Crippen LogP) is 1.24. The first-order valence-corrected chi connectivity index (χ1v) is 5.36. The third-order valence-electron chi connectivity index (χ3n) is 2.55. The van der Waals surface area contributed by atoms with Crippen LogP contribution in [-0.4, -0.2) is 37.0 Å². The van der Waals surface area contributed by atoms with E-state index < -0.39 is 0 Å². The molecule has 0 bridgehead atoms. The van der Waals surface area contributed by atoms with Gasteiger partial charge in [0.2, 0.25) is 5.91 Å². The molecule has 1 aliphatic heterocycles. The van der Waals surface area contributed by atoms with Crippen molar-refractivity contribution in [3.05, 3.63) is 0 Å². The quantitative estimate of drug-likeness (QED) is 0.724. The first kappa shape index (κ1) is 11.5. The molecule has 0 spiro atoms. The van der Waals surface area contributed by atoms with Gasteiger partial charge in [0.1, 0.15) is 0 Å². The van der Waals surface area contributed by atoms with E-state index in [1.54, 1.807) is 0 Å². The highest BCUT2D eigenvalue weighted by molar-refractivity contribution is 5.76. The molecule has 1 saturated heterocycles. The summed E-state index contributed by atoms with van der Waals surface area (Å²) < 4.78 is 0. The smallest absolute Gasteiger partial charge is 0.222 e. The van der Waals surface area contributed by atoms with Gasteiger partial charge in [-0.3, -0.25) is 4.79 Å². The molecule has 3 nitrogen and oxygen atoms in total. The number of hydrogen-bond acceptors (Lipinski definition) is 2. The Morgan fingerprint density at radius 2 is 2.14 bits per heavy atom. The van der Waals surface area contributed by atoms with E-state index in [1.807, 2.05) is 11.9 Å². The maximum absolute atomic E-state index is 11.2. The first-order chi connectivity index (χ1) is 6.38. The standard InChI is InChI=1S/C11H22N2O/c1-11(2,3)8-12-9-5-6-10(14)13(4)7-9/h9,12H,5-8H2,1-4H3. The number of rotatable bonds is 2. The minimum absolute atomic E-state index is 0.277. The van der Waals surface area contributed by atoms with E-state index in [0.717, 1.165) is 19.5 Å². The van der Waals surface area contributed by atoms with Crippen LogP contribution in [0, 0.1) is 5.41 Å². The van der Waals surface area contributed by atoms with Crippen molar-refractivity contribution in [1.29, 1.82) is 0 Å². The summed E-state index contributed by atoms with van der Waals surface area (Å²) in [6, 6.07) is 0.483. The highest BCUT2D eigenvalue weighted by Crippen LogP contribution is 2.14. The molecular weight excluding hydrogens is 176 g/mol. The lowest BCUT2D eigenvalue weighted by atomic mass is 9.95. The number of amides is 1. The van der Waals surface area contributed by atoms with Gasteiger partial charge in [0, 0.05) is 32.6 Å². The van der Waals surface area contributed by atoms with Crippen molar-refractivity contribution in [3.8, 4) is 0 Å². The Morgan fingerprint density at radius 3 is 2.64 bits per heavy atom. The van der Waals surface area contributed by atoms with Crippen LogP contribution in [0.15, 0.2) is 0 Å². The molecule has 0 aromatic carbocycles. The number of carbonyl (C=O) groups is 1. The van der Waals surface area contributed by atoms with E-state index in [-0.39, 0.29) is 5.91 Å². The molecular formula is C11H22N2O. The molecule has 0 aliphatic carbocycles. The van der Waals surface area contributed by atoms with Gasteiger partial charge in [0.15, 0.2) is 0 Å². The number of likely N-dealkylation sites (tertiary alicyclic amines) is 1. The molecule has 82 valence electrons. The molecule has 1 heterocycles. The summed E-state index contributed by atoms with van der Waals surface area (Å²) in [6.07, 6.45) is 1.68. The van der Waals surface area contributed by atoms with Gasteiger partial charge in [0.05, 0.1) is 0 Å². The van der Waals surface area contributed by atoms with E-state index in [1.165, 1.54) is 0 Å². The highest BCUT2D eigenvalue weighted by atomic mass is 16.2. The average molecular weight is 198 g/mol. The topological polar surface area (TPSA) is 32.3 Å². The van der Waals surface area contributed by atoms with Gasteiger partial charge < -0.3 is 10.2 Å². The summed E-state index contributed by atoms with van der Waals surface area (Å²) in [5.74, 6) is 0.277. The van der Waals surface area contributed by atoms with Crippen molar-refractivity contribution in [1.82, 2.24) is 10.2 Å². The lowest BCUT2D eigenvalue weighted by Crippen LogP contribution is -2.48. The van der Waals surface area contributed by atoms with Crippen LogP contribution < -0.4 is 5.32 Å². The second-order valence-electron chi connectivity index (χ2n) is 5.45. The first-order valence-electron chi connectivity index (χ1n) is 5.36. The third-order valence-corrected chi connectivity index (χ3v) is 2.55. The van der Waals surface area contributed by atoms with Gasteiger partial charge in [-0.1, -0.05) is 20.8 Å². The monoisotopic (exact) mass is 198 g/mol. The molecule has 1 atom stereocenters. The summed E-state index contributed by atoms with van der Waals surface area (Å²) in [4.78, 5) is 13.1. The van der Waals surface area contributed by atoms with Gasteiger partial charge in [-0.15, -0.1) is 0 Å².